The third-order valence-corrected chi connectivity index (χ3v) is 8.56. The molecule has 0 fully saturated rings. The first kappa shape index (κ1) is 28.8. The van der Waals surface area contributed by atoms with Gasteiger partial charge in [0.05, 0.1) is 46.0 Å². The third kappa shape index (κ3) is 7.37. The third-order valence-electron chi connectivity index (χ3n) is 6.86. The number of ether oxygens (including phenoxy) is 2. The quantitative estimate of drug-likeness (QED) is 0.172. The minimum atomic E-state index is -1.21. The number of benzene rings is 2. The van der Waals surface area contributed by atoms with Gasteiger partial charge in [0.2, 0.25) is 0 Å². The van der Waals surface area contributed by atoms with Crippen molar-refractivity contribution >= 4 is 33.8 Å². The molecule has 2 aromatic carbocycles. The van der Waals surface area contributed by atoms with Crippen molar-refractivity contribution in [1.82, 2.24) is 0 Å². The highest BCUT2D eigenvalue weighted by Gasteiger charge is 2.39. The summed E-state index contributed by atoms with van der Waals surface area (Å²) >= 11 is 0. The predicted octanol–water partition coefficient (Wildman–Crippen LogP) is 6.83. The minimum absolute atomic E-state index is 0.0468. The van der Waals surface area contributed by atoms with E-state index in [1.807, 2.05) is 31.1 Å². The Morgan fingerprint density at radius 1 is 1.08 bits per heavy atom. The standard InChI is InChI=1S/C30H42N2O4S/c1-6-9-17-30(18-10-7-2)22-32(24-14-12-11-13-15-24)26-20-25(31(4)5)27(21-28(26)37(34)23-30)36-19-16-29(33)35-8-3/h11-16,19-21H,6-10,17-18,22-23H2,1-5H3/b19-16+. The van der Waals surface area contributed by atoms with Gasteiger partial charge in [0.15, 0.2) is 5.75 Å². The van der Waals surface area contributed by atoms with Crippen LogP contribution in [0.1, 0.15) is 59.3 Å². The molecular weight excluding hydrogens is 484 g/mol. The molecule has 1 aliphatic heterocycles. The number of carbonyl (C=O) groups is 1. The van der Waals surface area contributed by atoms with Crippen LogP contribution in [0, 0.1) is 5.41 Å². The highest BCUT2D eigenvalue weighted by atomic mass is 32.2. The van der Waals surface area contributed by atoms with Crippen LogP contribution in [0.4, 0.5) is 17.1 Å². The monoisotopic (exact) mass is 526 g/mol. The molecule has 0 saturated carbocycles. The SMILES string of the molecule is CCCCC1(CCCC)CN(c2ccccc2)c2cc(N(C)C)c(O/C=C/C(=O)OCC)cc2S(=O)C1. The smallest absolute Gasteiger partial charge is 0.333 e. The molecule has 0 aromatic heterocycles. The van der Waals surface area contributed by atoms with Crippen LogP contribution in [-0.2, 0) is 20.3 Å². The van der Waals surface area contributed by atoms with E-state index in [9.17, 15) is 9.00 Å². The van der Waals surface area contributed by atoms with Gasteiger partial charge in [0.25, 0.3) is 0 Å². The summed E-state index contributed by atoms with van der Waals surface area (Å²) < 4.78 is 24.9. The summed E-state index contributed by atoms with van der Waals surface area (Å²) in [5.74, 6) is 0.724. The molecule has 0 radical (unpaired) electrons. The van der Waals surface area contributed by atoms with E-state index in [0.717, 1.165) is 67.0 Å². The Morgan fingerprint density at radius 2 is 1.76 bits per heavy atom. The largest absolute Gasteiger partial charge is 0.463 e. The molecule has 0 N–H and O–H groups in total. The fraction of sp³-hybridized carbons (Fsp3) is 0.500. The summed E-state index contributed by atoms with van der Waals surface area (Å²) in [6.07, 6.45) is 9.20. The first-order valence-corrected chi connectivity index (χ1v) is 14.7. The lowest BCUT2D eigenvalue weighted by molar-refractivity contribution is -0.137. The van der Waals surface area contributed by atoms with Gasteiger partial charge in [-0.05, 0) is 38.0 Å². The molecule has 0 saturated heterocycles. The number of rotatable bonds is 12. The van der Waals surface area contributed by atoms with Crippen molar-refractivity contribution in [3.05, 3.63) is 54.8 Å². The summed E-state index contributed by atoms with van der Waals surface area (Å²) in [6.45, 7) is 7.34. The number of unbranched alkanes of at least 4 members (excludes halogenated alkanes) is 2. The van der Waals surface area contributed by atoms with E-state index < -0.39 is 16.8 Å². The molecule has 37 heavy (non-hydrogen) atoms. The maximum absolute atomic E-state index is 14.0. The molecule has 0 aliphatic carbocycles. The molecule has 1 heterocycles. The zero-order valence-electron chi connectivity index (χ0n) is 23.0. The number of hydrogen-bond donors (Lipinski definition) is 0. The number of carbonyl (C=O) groups excluding carboxylic acids is 1. The van der Waals surface area contributed by atoms with Crippen molar-refractivity contribution in [3.63, 3.8) is 0 Å². The Morgan fingerprint density at radius 3 is 2.35 bits per heavy atom. The number of anilines is 3. The molecule has 0 amide bonds. The van der Waals surface area contributed by atoms with Gasteiger partial charge in [-0.2, -0.15) is 0 Å². The minimum Gasteiger partial charge on any atom is -0.463 e. The van der Waals surface area contributed by atoms with Crippen LogP contribution < -0.4 is 14.5 Å². The predicted molar refractivity (Wildman–Crippen MR) is 153 cm³/mol. The molecule has 0 spiro atoms. The zero-order valence-corrected chi connectivity index (χ0v) is 23.8. The van der Waals surface area contributed by atoms with Crippen LogP contribution in [-0.4, -0.2) is 43.2 Å². The lowest BCUT2D eigenvalue weighted by Gasteiger charge is -2.37. The Hall–Kier alpha value is -2.80. The van der Waals surface area contributed by atoms with E-state index in [1.165, 1.54) is 12.3 Å². The van der Waals surface area contributed by atoms with E-state index >= 15 is 0 Å². The van der Waals surface area contributed by atoms with Crippen LogP contribution in [0.3, 0.4) is 0 Å². The summed E-state index contributed by atoms with van der Waals surface area (Å²) in [5, 5.41) is 0. The van der Waals surface area contributed by atoms with Crippen molar-refractivity contribution in [2.75, 3.05) is 42.8 Å². The van der Waals surface area contributed by atoms with Crippen LogP contribution in [0.5, 0.6) is 5.75 Å². The Bertz CT molecular complexity index is 1080. The Labute approximate surface area is 225 Å². The second-order valence-electron chi connectivity index (χ2n) is 9.97. The number of para-hydroxylation sites is 1. The number of esters is 1. The molecule has 2 aromatic rings. The van der Waals surface area contributed by atoms with Gasteiger partial charge < -0.3 is 19.3 Å². The normalized spacial score (nSPS) is 16.8. The van der Waals surface area contributed by atoms with E-state index in [1.54, 1.807) is 6.92 Å². The second-order valence-corrected chi connectivity index (χ2v) is 11.4. The lowest BCUT2D eigenvalue weighted by atomic mass is 9.79. The van der Waals surface area contributed by atoms with E-state index in [2.05, 4.69) is 49.1 Å². The average molecular weight is 527 g/mol. The highest BCUT2D eigenvalue weighted by Crippen LogP contribution is 2.46. The molecule has 3 rings (SSSR count). The number of hydrogen-bond acceptors (Lipinski definition) is 6. The van der Waals surface area contributed by atoms with Crippen molar-refractivity contribution in [1.29, 1.82) is 0 Å². The molecule has 0 bridgehead atoms. The highest BCUT2D eigenvalue weighted by molar-refractivity contribution is 7.85. The first-order chi connectivity index (χ1) is 17.8. The first-order valence-electron chi connectivity index (χ1n) is 13.4. The molecule has 1 aliphatic rings. The van der Waals surface area contributed by atoms with Crippen molar-refractivity contribution in [2.45, 2.75) is 64.2 Å². The summed E-state index contributed by atoms with van der Waals surface area (Å²) in [5.41, 5.74) is 2.85. The topological polar surface area (TPSA) is 59.1 Å². The van der Waals surface area contributed by atoms with Crippen LogP contribution in [0.15, 0.2) is 59.7 Å². The maximum Gasteiger partial charge on any atom is 0.333 e. The van der Waals surface area contributed by atoms with Gasteiger partial charge in [-0.1, -0.05) is 57.7 Å². The van der Waals surface area contributed by atoms with Gasteiger partial charge in [-0.3, -0.25) is 4.21 Å². The van der Waals surface area contributed by atoms with Crippen LogP contribution in [0.2, 0.25) is 0 Å². The van der Waals surface area contributed by atoms with E-state index in [-0.39, 0.29) is 5.41 Å². The van der Waals surface area contributed by atoms with Gasteiger partial charge in [0, 0.05) is 43.6 Å². The van der Waals surface area contributed by atoms with Crippen LogP contribution in [0.25, 0.3) is 0 Å². The summed E-state index contributed by atoms with van der Waals surface area (Å²) in [7, 11) is 2.70. The summed E-state index contributed by atoms with van der Waals surface area (Å²) in [6, 6.07) is 14.4. The molecule has 7 heteroatoms. The van der Waals surface area contributed by atoms with Gasteiger partial charge in [-0.25, -0.2) is 4.79 Å². The van der Waals surface area contributed by atoms with E-state index in [0.29, 0.717) is 18.1 Å². The number of nitrogens with zero attached hydrogens (tertiary/aromatic N) is 2. The fourth-order valence-electron chi connectivity index (χ4n) is 4.92. The van der Waals surface area contributed by atoms with Crippen LogP contribution >= 0.6 is 0 Å². The average Bonchev–Trinajstić information content (AvgIpc) is 3.01. The maximum atomic E-state index is 14.0. The van der Waals surface area contributed by atoms with Gasteiger partial charge in [0.1, 0.15) is 0 Å². The molecule has 6 nitrogen and oxygen atoms in total. The van der Waals surface area contributed by atoms with E-state index in [4.69, 9.17) is 9.47 Å². The summed E-state index contributed by atoms with van der Waals surface area (Å²) in [4.78, 5) is 16.9. The van der Waals surface area contributed by atoms with Crippen molar-refractivity contribution < 1.29 is 18.5 Å². The fourth-order valence-corrected chi connectivity index (χ4v) is 6.65. The van der Waals surface area contributed by atoms with Gasteiger partial charge >= 0.3 is 5.97 Å². The molecule has 202 valence electrons. The second kappa shape index (κ2) is 13.7. The van der Waals surface area contributed by atoms with Gasteiger partial charge in [-0.15, -0.1) is 0 Å². The Kier molecular flexibility index (Phi) is 10.6. The zero-order chi connectivity index (χ0) is 26.8. The Balaban J connectivity index is 2.13. The molecule has 1 unspecified atom stereocenters. The number of fused-ring (bicyclic) bond motifs is 1. The molecular formula is C30H42N2O4S. The molecule has 1 atom stereocenters. The van der Waals surface area contributed by atoms with Crippen molar-refractivity contribution in [2.24, 2.45) is 5.41 Å². The lowest BCUT2D eigenvalue weighted by Crippen LogP contribution is -2.37. The van der Waals surface area contributed by atoms with Crippen molar-refractivity contribution in [3.8, 4) is 5.75 Å².